The van der Waals surface area contributed by atoms with E-state index >= 15 is 0 Å². The van der Waals surface area contributed by atoms with Crippen LogP contribution >= 0.6 is 0 Å². The predicted molar refractivity (Wildman–Crippen MR) is 62.0 cm³/mol. The Bertz CT molecular complexity index is 440. The number of nitrogens with one attached hydrogen (secondary N) is 1. The minimum atomic E-state index is -0.666. The molecule has 1 amide bonds. The van der Waals surface area contributed by atoms with Gasteiger partial charge >= 0.3 is 0 Å². The number of benzene rings is 1. The summed E-state index contributed by atoms with van der Waals surface area (Å²) in [6.07, 6.45) is 0.975. The summed E-state index contributed by atoms with van der Waals surface area (Å²) in [7, 11) is 0. The number of nitrogens with zero attached hydrogens (tertiary/aromatic N) is 1. The van der Waals surface area contributed by atoms with Gasteiger partial charge in [0, 0.05) is 5.56 Å². The van der Waals surface area contributed by atoms with Crippen molar-refractivity contribution in [1.29, 1.82) is 0 Å². The van der Waals surface area contributed by atoms with Crippen molar-refractivity contribution in [2.75, 3.05) is 6.61 Å². The maximum absolute atomic E-state index is 11.1. The van der Waals surface area contributed by atoms with Crippen molar-refractivity contribution >= 4 is 11.8 Å². The van der Waals surface area contributed by atoms with Gasteiger partial charge in [0.15, 0.2) is 6.04 Å². The third-order valence-corrected chi connectivity index (χ3v) is 2.67. The Morgan fingerprint density at radius 1 is 1.53 bits per heavy atom. The van der Waals surface area contributed by atoms with Gasteiger partial charge in [0.25, 0.3) is 5.91 Å². The Balaban J connectivity index is 2.15. The standard InChI is InChI=1S/C12H14N2O3/c1-2-8-3-5-9(6-4-8)12-13-10(7-17-12)11(15)14-16/h3-6,10,16H,2,7H2,1H3,(H,14,15)/t10-/m1/s1. The monoisotopic (exact) mass is 234 g/mol. The molecule has 1 heterocycles. The minimum Gasteiger partial charge on any atom is -0.475 e. The molecule has 0 unspecified atom stereocenters. The van der Waals surface area contributed by atoms with E-state index in [0.29, 0.717) is 5.90 Å². The molecular formula is C12H14N2O3. The van der Waals surface area contributed by atoms with Gasteiger partial charge in [-0.05, 0) is 24.1 Å². The number of hydrogen-bond donors (Lipinski definition) is 2. The molecule has 1 aliphatic heterocycles. The molecule has 17 heavy (non-hydrogen) atoms. The molecule has 2 rings (SSSR count). The second-order valence-electron chi connectivity index (χ2n) is 3.79. The van der Waals surface area contributed by atoms with Crippen LogP contribution in [0.25, 0.3) is 0 Å². The van der Waals surface area contributed by atoms with E-state index in [0.717, 1.165) is 12.0 Å². The van der Waals surface area contributed by atoms with E-state index in [2.05, 4.69) is 11.9 Å². The Labute approximate surface area is 99.1 Å². The van der Waals surface area contributed by atoms with Crippen LogP contribution in [-0.2, 0) is 16.0 Å². The van der Waals surface area contributed by atoms with Gasteiger partial charge in [-0.2, -0.15) is 0 Å². The first-order valence-electron chi connectivity index (χ1n) is 5.48. The van der Waals surface area contributed by atoms with E-state index in [4.69, 9.17) is 9.94 Å². The summed E-state index contributed by atoms with van der Waals surface area (Å²) in [6, 6.07) is 7.16. The van der Waals surface area contributed by atoms with Crippen LogP contribution in [-0.4, -0.2) is 29.7 Å². The lowest BCUT2D eigenvalue weighted by atomic mass is 10.1. The van der Waals surface area contributed by atoms with Gasteiger partial charge in [-0.3, -0.25) is 10.0 Å². The molecule has 0 aromatic heterocycles. The van der Waals surface area contributed by atoms with Gasteiger partial charge < -0.3 is 4.74 Å². The number of hydrogen-bond acceptors (Lipinski definition) is 4. The topological polar surface area (TPSA) is 70.9 Å². The van der Waals surface area contributed by atoms with Crippen molar-refractivity contribution in [3.05, 3.63) is 35.4 Å². The average Bonchev–Trinajstić information content (AvgIpc) is 2.87. The summed E-state index contributed by atoms with van der Waals surface area (Å²) in [5, 5.41) is 8.50. The molecule has 90 valence electrons. The van der Waals surface area contributed by atoms with Crippen molar-refractivity contribution in [1.82, 2.24) is 5.48 Å². The van der Waals surface area contributed by atoms with Crippen LogP contribution in [0.15, 0.2) is 29.3 Å². The molecular weight excluding hydrogens is 220 g/mol. The number of ether oxygens (including phenoxy) is 1. The normalized spacial score (nSPS) is 18.5. The highest BCUT2D eigenvalue weighted by molar-refractivity contribution is 5.98. The van der Waals surface area contributed by atoms with Gasteiger partial charge in [-0.1, -0.05) is 19.1 Å². The largest absolute Gasteiger partial charge is 0.475 e. The first kappa shape index (κ1) is 11.6. The Hall–Kier alpha value is -1.88. The summed E-state index contributed by atoms with van der Waals surface area (Å²) < 4.78 is 5.33. The van der Waals surface area contributed by atoms with Gasteiger partial charge in [0.05, 0.1) is 0 Å². The zero-order valence-corrected chi connectivity index (χ0v) is 9.51. The third kappa shape index (κ3) is 2.45. The molecule has 0 radical (unpaired) electrons. The molecule has 1 aliphatic rings. The average molecular weight is 234 g/mol. The van der Waals surface area contributed by atoms with Gasteiger partial charge in [0.1, 0.15) is 6.61 Å². The summed E-state index contributed by atoms with van der Waals surface area (Å²) in [4.78, 5) is 15.3. The van der Waals surface area contributed by atoms with Gasteiger partial charge in [-0.25, -0.2) is 10.5 Å². The lowest BCUT2D eigenvalue weighted by Crippen LogP contribution is -2.31. The van der Waals surface area contributed by atoms with E-state index in [1.165, 1.54) is 5.56 Å². The molecule has 1 atom stereocenters. The molecule has 0 saturated heterocycles. The maximum Gasteiger partial charge on any atom is 0.271 e. The molecule has 1 aromatic rings. The highest BCUT2D eigenvalue weighted by Crippen LogP contribution is 2.13. The number of carbonyl (C=O) groups excluding carboxylic acids is 1. The van der Waals surface area contributed by atoms with Crippen LogP contribution in [0.1, 0.15) is 18.1 Å². The predicted octanol–water partition coefficient (Wildman–Crippen LogP) is 0.900. The summed E-state index contributed by atoms with van der Waals surface area (Å²) in [5.74, 6) is -0.105. The smallest absolute Gasteiger partial charge is 0.271 e. The number of hydroxylamine groups is 1. The van der Waals surface area contributed by atoms with Crippen molar-refractivity contribution in [2.24, 2.45) is 4.99 Å². The summed E-state index contributed by atoms with van der Waals surface area (Å²) >= 11 is 0. The first-order chi connectivity index (χ1) is 8.24. The van der Waals surface area contributed by atoms with E-state index in [1.807, 2.05) is 24.3 Å². The fraction of sp³-hybridized carbons (Fsp3) is 0.333. The molecule has 0 bridgehead atoms. The molecule has 0 fully saturated rings. The van der Waals surface area contributed by atoms with Crippen molar-refractivity contribution in [3.8, 4) is 0 Å². The highest BCUT2D eigenvalue weighted by atomic mass is 16.5. The zero-order valence-electron chi connectivity index (χ0n) is 9.51. The molecule has 2 N–H and O–H groups in total. The number of aliphatic imine (C=N–C) groups is 1. The van der Waals surface area contributed by atoms with Crippen LogP contribution in [0.5, 0.6) is 0 Å². The lowest BCUT2D eigenvalue weighted by Gasteiger charge is -2.02. The molecule has 5 heteroatoms. The van der Waals surface area contributed by atoms with Crippen LogP contribution in [0, 0.1) is 0 Å². The van der Waals surface area contributed by atoms with Crippen LogP contribution < -0.4 is 5.48 Å². The maximum atomic E-state index is 11.1. The number of aryl methyl sites for hydroxylation is 1. The number of amides is 1. The van der Waals surface area contributed by atoms with Crippen molar-refractivity contribution in [2.45, 2.75) is 19.4 Å². The van der Waals surface area contributed by atoms with Gasteiger partial charge in [0.2, 0.25) is 5.90 Å². The molecule has 5 nitrogen and oxygen atoms in total. The van der Waals surface area contributed by atoms with Crippen LogP contribution in [0.3, 0.4) is 0 Å². The molecule has 0 saturated carbocycles. The van der Waals surface area contributed by atoms with Crippen molar-refractivity contribution in [3.63, 3.8) is 0 Å². The molecule has 0 spiro atoms. The van der Waals surface area contributed by atoms with E-state index < -0.39 is 11.9 Å². The van der Waals surface area contributed by atoms with Crippen LogP contribution in [0.4, 0.5) is 0 Å². The highest BCUT2D eigenvalue weighted by Gasteiger charge is 2.26. The molecule has 1 aromatic carbocycles. The summed E-state index contributed by atoms with van der Waals surface area (Å²) in [6.45, 7) is 2.25. The number of carbonyl (C=O) groups is 1. The van der Waals surface area contributed by atoms with E-state index in [-0.39, 0.29) is 6.61 Å². The second-order valence-corrected chi connectivity index (χ2v) is 3.79. The van der Waals surface area contributed by atoms with E-state index in [9.17, 15) is 4.79 Å². The minimum absolute atomic E-state index is 0.164. The third-order valence-electron chi connectivity index (χ3n) is 2.67. The Morgan fingerprint density at radius 3 is 2.82 bits per heavy atom. The SMILES string of the molecule is CCc1ccc(C2=N[C@@H](C(=O)NO)CO2)cc1. The summed E-state index contributed by atoms with van der Waals surface area (Å²) in [5.41, 5.74) is 3.65. The quantitative estimate of drug-likeness (QED) is 0.603. The van der Waals surface area contributed by atoms with E-state index in [1.54, 1.807) is 5.48 Å². The first-order valence-corrected chi connectivity index (χ1v) is 5.48. The lowest BCUT2D eigenvalue weighted by molar-refractivity contribution is -0.130. The Morgan fingerprint density at radius 2 is 2.24 bits per heavy atom. The zero-order chi connectivity index (χ0) is 12.3. The van der Waals surface area contributed by atoms with Gasteiger partial charge in [-0.15, -0.1) is 0 Å². The number of rotatable bonds is 3. The fourth-order valence-electron chi connectivity index (χ4n) is 1.62. The van der Waals surface area contributed by atoms with Crippen LogP contribution in [0.2, 0.25) is 0 Å². The molecule has 0 aliphatic carbocycles. The van der Waals surface area contributed by atoms with Crippen molar-refractivity contribution < 1.29 is 14.7 Å². The Kier molecular flexibility index (Phi) is 3.39. The fourth-order valence-corrected chi connectivity index (χ4v) is 1.62. The second kappa shape index (κ2) is 4.97.